The van der Waals surface area contributed by atoms with Gasteiger partial charge in [-0.3, -0.25) is 33.6 Å². The van der Waals surface area contributed by atoms with Gasteiger partial charge in [0.25, 0.3) is 0 Å². The van der Waals surface area contributed by atoms with E-state index >= 15 is 0 Å². The summed E-state index contributed by atoms with van der Waals surface area (Å²) >= 11 is 0. The van der Waals surface area contributed by atoms with Crippen LogP contribution in [0.3, 0.4) is 0 Å². The molecule has 14 N–H and O–H groups in total. The minimum atomic E-state index is -1.19. The number of benzene rings is 1. The summed E-state index contributed by atoms with van der Waals surface area (Å²) in [6, 6.07) is 2.25. The summed E-state index contributed by atoms with van der Waals surface area (Å²) in [5, 5.41) is 13.7. The molecule has 276 valence electrons. The molecule has 0 aliphatic heterocycles. The first-order valence-corrected chi connectivity index (χ1v) is 16.7. The fraction of sp³-hybridized carbons (Fsp3) is 0.545. The van der Waals surface area contributed by atoms with E-state index in [0.29, 0.717) is 25.8 Å². The lowest BCUT2D eigenvalue weighted by molar-refractivity contribution is -0.134. The zero-order valence-electron chi connectivity index (χ0n) is 28.9. The molecule has 0 aliphatic carbocycles. The summed E-state index contributed by atoms with van der Waals surface area (Å²) in [4.78, 5) is 91.2. The summed E-state index contributed by atoms with van der Waals surface area (Å²) in [6.07, 6.45) is 3.38. The van der Waals surface area contributed by atoms with Gasteiger partial charge in [0.05, 0.1) is 12.6 Å². The van der Waals surface area contributed by atoms with Gasteiger partial charge in [0.15, 0.2) is 0 Å². The number of primary amides is 2. The predicted molar refractivity (Wildman–Crippen MR) is 186 cm³/mol. The van der Waals surface area contributed by atoms with Gasteiger partial charge in [0, 0.05) is 23.5 Å². The molecule has 17 heteroatoms. The molecule has 1 aromatic heterocycles. The molecular weight excluding hydrogens is 648 g/mol. The first-order valence-electron chi connectivity index (χ1n) is 16.7. The lowest BCUT2D eigenvalue weighted by atomic mass is 9.97. The van der Waals surface area contributed by atoms with Crippen molar-refractivity contribution in [2.75, 3.05) is 13.1 Å². The number of para-hydroxylation sites is 1. The molecule has 2 rings (SSSR count). The van der Waals surface area contributed by atoms with Crippen molar-refractivity contribution in [3.05, 3.63) is 36.0 Å². The molecular formula is C33H52N10O7. The highest BCUT2D eigenvalue weighted by Gasteiger charge is 2.31. The van der Waals surface area contributed by atoms with Crippen LogP contribution in [0, 0.1) is 5.92 Å². The zero-order valence-corrected chi connectivity index (χ0v) is 28.9. The number of unbranched alkanes of at least 4 members (excludes halogenated alkanes) is 1. The highest BCUT2D eigenvalue weighted by Crippen LogP contribution is 2.19. The second-order valence-corrected chi connectivity index (χ2v) is 12.4. The third-order valence-electron chi connectivity index (χ3n) is 8.36. The van der Waals surface area contributed by atoms with Crippen molar-refractivity contribution in [3.63, 3.8) is 0 Å². The summed E-state index contributed by atoms with van der Waals surface area (Å²) in [6.45, 7) is 4.85. The van der Waals surface area contributed by atoms with Crippen LogP contribution in [-0.2, 0) is 40.0 Å². The Morgan fingerprint density at radius 2 is 1.50 bits per heavy atom. The summed E-state index contributed by atoms with van der Waals surface area (Å²) < 4.78 is 0. The molecule has 0 unspecified atom stereocenters. The van der Waals surface area contributed by atoms with E-state index in [1.54, 1.807) is 13.1 Å². The normalized spacial score (nSPS) is 14.7. The van der Waals surface area contributed by atoms with Gasteiger partial charge in [-0.05, 0) is 63.1 Å². The van der Waals surface area contributed by atoms with Crippen LogP contribution in [0.5, 0.6) is 0 Å². The Labute approximate surface area is 291 Å². The Bertz CT molecular complexity index is 1500. The fourth-order valence-electron chi connectivity index (χ4n) is 5.13. The Balaban J connectivity index is 1.98. The predicted octanol–water partition coefficient (Wildman–Crippen LogP) is -1.96. The topological polar surface area (TPSA) is 300 Å². The van der Waals surface area contributed by atoms with Crippen molar-refractivity contribution in [3.8, 4) is 0 Å². The smallest absolute Gasteiger partial charge is 0.243 e. The van der Waals surface area contributed by atoms with E-state index in [1.807, 2.05) is 31.2 Å². The van der Waals surface area contributed by atoms with Crippen LogP contribution in [0.2, 0.25) is 0 Å². The largest absolute Gasteiger partial charge is 0.370 e. The average molecular weight is 701 g/mol. The van der Waals surface area contributed by atoms with Crippen LogP contribution in [0.15, 0.2) is 30.5 Å². The maximum absolute atomic E-state index is 13.4. The number of amides is 7. The zero-order chi connectivity index (χ0) is 37.4. The quantitative estimate of drug-likeness (QED) is 0.0609. The molecule has 0 fully saturated rings. The Hall–Kier alpha value is -5.03. The molecule has 0 saturated carbocycles. The lowest BCUT2D eigenvalue weighted by Crippen LogP contribution is -2.58. The third-order valence-corrected chi connectivity index (χ3v) is 8.36. The molecule has 1 aromatic carbocycles. The van der Waals surface area contributed by atoms with E-state index in [1.165, 1.54) is 6.92 Å². The SMILES string of the molecule is CC[C@H](C)[C@H](NC(=O)CNC(=O)[C@H](C)NC(=O)[C@@H](N)Cc1c[nH]c2ccccc12)C(=O)N[C@@H](CCCCN)C(=O)N[C@@H](CCC(N)=O)C(N)=O. The van der Waals surface area contributed by atoms with Crippen molar-refractivity contribution in [1.82, 2.24) is 31.6 Å². The monoisotopic (exact) mass is 700 g/mol. The van der Waals surface area contributed by atoms with E-state index in [4.69, 9.17) is 22.9 Å². The molecule has 0 aliphatic rings. The minimum absolute atomic E-state index is 0.114. The summed E-state index contributed by atoms with van der Waals surface area (Å²) in [5.74, 6) is -5.17. The van der Waals surface area contributed by atoms with Gasteiger partial charge < -0.3 is 54.5 Å². The number of rotatable bonds is 22. The van der Waals surface area contributed by atoms with Gasteiger partial charge in [0.1, 0.15) is 24.2 Å². The second kappa shape index (κ2) is 20.5. The highest BCUT2D eigenvalue weighted by atomic mass is 16.2. The fourth-order valence-corrected chi connectivity index (χ4v) is 5.13. The molecule has 1 heterocycles. The number of H-pyrrole nitrogens is 1. The standard InChI is InChI=1S/C33H52N10O7/c1-4-18(2)28(33(50)42-25(11-7-8-14-34)32(49)41-24(29(37)46)12-13-26(36)44)43-27(45)17-39-30(47)19(3)40-31(48)22(35)15-20-16-38-23-10-6-5-9-21(20)23/h5-6,9-10,16,18-19,22,24-25,28,38H,4,7-8,11-15,17,34-35H2,1-3H3,(H2,36,44)(H2,37,46)(H,39,47)(H,40,48)(H,41,49)(H,42,50)(H,43,45)/t18-,19-,22-,24-,25-,28-/m0/s1. The van der Waals surface area contributed by atoms with Gasteiger partial charge in [-0.1, -0.05) is 38.5 Å². The molecule has 2 aromatic rings. The van der Waals surface area contributed by atoms with E-state index in [2.05, 4.69) is 31.6 Å². The first kappa shape index (κ1) is 41.1. The molecule has 0 spiro atoms. The Morgan fingerprint density at radius 3 is 2.14 bits per heavy atom. The number of fused-ring (bicyclic) bond motifs is 1. The Morgan fingerprint density at radius 1 is 0.820 bits per heavy atom. The number of hydrogen-bond acceptors (Lipinski definition) is 9. The third kappa shape index (κ3) is 13.1. The number of nitrogens with one attached hydrogen (secondary N) is 6. The number of hydrogen-bond donors (Lipinski definition) is 10. The highest BCUT2D eigenvalue weighted by molar-refractivity contribution is 5.96. The Kier molecular flexibility index (Phi) is 16.8. The van der Waals surface area contributed by atoms with Crippen LogP contribution in [0.25, 0.3) is 10.9 Å². The van der Waals surface area contributed by atoms with Crippen molar-refractivity contribution < 1.29 is 33.6 Å². The van der Waals surface area contributed by atoms with Crippen LogP contribution in [0.1, 0.15) is 64.9 Å². The van der Waals surface area contributed by atoms with Crippen molar-refractivity contribution in [1.29, 1.82) is 0 Å². The van der Waals surface area contributed by atoms with Crippen molar-refractivity contribution >= 4 is 52.3 Å². The number of carbonyl (C=O) groups is 7. The van der Waals surface area contributed by atoms with Crippen LogP contribution in [-0.4, -0.2) is 89.6 Å². The summed E-state index contributed by atoms with van der Waals surface area (Å²) in [7, 11) is 0. The van der Waals surface area contributed by atoms with Gasteiger partial charge in [-0.15, -0.1) is 0 Å². The van der Waals surface area contributed by atoms with E-state index < -0.39 is 78.1 Å². The summed E-state index contributed by atoms with van der Waals surface area (Å²) in [5.41, 5.74) is 24.0. The molecule has 7 amide bonds. The number of aromatic nitrogens is 1. The van der Waals surface area contributed by atoms with Gasteiger partial charge in [-0.2, -0.15) is 0 Å². The van der Waals surface area contributed by atoms with Gasteiger partial charge in [0.2, 0.25) is 41.4 Å². The van der Waals surface area contributed by atoms with Crippen LogP contribution < -0.4 is 49.5 Å². The van der Waals surface area contributed by atoms with E-state index in [-0.39, 0.29) is 31.6 Å². The van der Waals surface area contributed by atoms with E-state index in [0.717, 1.165) is 16.5 Å². The van der Waals surface area contributed by atoms with Crippen LogP contribution >= 0.6 is 0 Å². The molecule has 0 saturated heterocycles. The van der Waals surface area contributed by atoms with E-state index in [9.17, 15) is 33.6 Å². The maximum Gasteiger partial charge on any atom is 0.243 e. The van der Waals surface area contributed by atoms with Crippen molar-refractivity contribution in [2.24, 2.45) is 28.9 Å². The van der Waals surface area contributed by atoms with Gasteiger partial charge in [-0.25, -0.2) is 0 Å². The number of carbonyl (C=O) groups excluding carboxylic acids is 7. The average Bonchev–Trinajstić information content (AvgIpc) is 3.48. The second-order valence-electron chi connectivity index (χ2n) is 12.4. The molecule has 50 heavy (non-hydrogen) atoms. The molecule has 6 atom stereocenters. The van der Waals surface area contributed by atoms with Crippen molar-refractivity contribution in [2.45, 2.75) is 95.9 Å². The number of nitrogens with two attached hydrogens (primary N) is 4. The maximum atomic E-state index is 13.4. The molecule has 0 bridgehead atoms. The van der Waals surface area contributed by atoms with Crippen LogP contribution in [0.4, 0.5) is 0 Å². The molecule has 17 nitrogen and oxygen atoms in total. The first-order chi connectivity index (χ1) is 23.7. The van der Waals surface area contributed by atoms with Gasteiger partial charge >= 0.3 is 0 Å². The number of aromatic amines is 1. The lowest BCUT2D eigenvalue weighted by Gasteiger charge is -2.27. The minimum Gasteiger partial charge on any atom is -0.370 e. The molecule has 0 radical (unpaired) electrons.